The monoisotopic (exact) mass is 384 g/mol. The Labute approximate surface area is 142 Å². The summed E-state index contributed by atoms with van der Waals surface area (Å²) in [6.07, 6.45) is 1.97. The molecule has 1 aromatic carbocycles. The first-order valence-corrected chi connectivity index (χ1v) is 8.97. The second-order valence-corrected chi connectivity index (χ2v) is 7.68. The Kier molecular flexibility index (Phi) is 5.34. The van der Waals surface area contributed by atoms with Gasteiger partial charge in [-0.3, -0.25) is 4.72 Å². The van der Waals surface area contributed by atoms with E-state index in [1.807, 2.05) is 6.92 Å². The van der Waals surface area contributed by atoms with Crippen LogP contribution in [0, 0.1) is 5.92 Å². The van der Waals surface area contributed by atoms with Gasteiger partial charge in [0.05, 0.1) is 11.4 Å². The van der Waals surface area contributed by atoms with Gasteiger partial charge in [0.25, 0.3) is 0 Å². The Hall–Kier alpha value is -1.48. The molecule has 10 heteroatoms. The van der Waals surface area contributed by atoms with Crippen LogP contribution < -0.4 is 4.72 Å². The van der Waals surface area contributed by atoms with E-state index in [1.54, 1.807) is 0 Å². The Morgan fingerprint density at radius 1 is 1.42 bits per heavy atom. The highest BCUT2D eigenvalue weighted by Gasteiger charge is 2.46. The van der Waals surface area contributed by atoms with Crippen molar-refractivity contribution in [1.82, 2.24) is 0 Å². The van der Waals surface area contributed by atoms with Crippen molar-refractivity contribution in [3.8, 4) is 0 Å². The van der Waals surface area contributed by atoms with Crippen molar-refractivity contribution in [2.75, 3.05) is 4.72 Å². The van der Waals surface area contributed by atoms with Crippen LogP contribution in [-0.2, 0) is 14.9 Å². The van der Waals surface area contributed by atoms with Crippen molar-refractivity contribution in [2.45, 2.75) is 38.3 Å². The van der Waals surface area contributed by atoms with Crippen LogP contribution in [0.4, 0.5) is 18.9 Å². The minimum absolute atomic E-state index is 0.110. The molecule has 5 nitrogen and oxygen atoms in total. The molecular weight excluding hydrogens is 369 g/mol. The van der Waals surface area contributed by atoms with Crippen LogP contribution in [-0.4, -0.2) is 25.7 Å². The van der Waals surface area contributed by atoms with E-state index in [9.17, 15) is 21.6 Å². The highest BCUT2D eigenvalue weighted by Crippen LogP contribution is 2.34. The van der Waals surface area contributed by atoms with Gasteiger partial charge in [0.15, 0.2) is 0 Å². The average molecular weight is 385 g/mol. The van der Waals surface area contributed by atoms with Crippen LogP contribution in [0.25, 0.3) is 0 Å². The molecule has 1 fully saturated rings. The molecule has 0 saturated heterocycles. The lowest BCUT2D eigenvalue weighted by molar-refractivity contribution is -0.0429. The minimum atomic E-state index is -5.54. The molecule has 1 saturated carbocycles. The first kappa shape index (κ1) is 18.9. The number of nitrogens with one attached hydrogen (secondary N) is 1. The average Bonchev–Trinajstić information content (AvgIpc) is 3.29. The Balaban J connectivity index is 2.28. The van der Waals surface area contributed by atoms with E-state index in [0.717, 1.165) is 18.9 Å². The summed E-state index contributed by atoms with van der Waals surface area (Å²) in [4.78, 5) is 5.32. The summed E-state index contributed by atoms with van der Waals surface area (Å²) < 4.78 is 61.8. The molecule has 24 heavy (non-hydrogen) atoms. The zero-order valence-corrected chi connectivity index (χ0v) is 14.5. The summed E-state index contributed by atoms with van der Waals surface area (Å²) in [6.45, 7) is 3.34. The number of oxime groups is 1. The van der Waals surface area contributed by atoms with Crippen molar-refractivity contribution in [2.24, 2.45) is 11.1 Å². The first-order valence-electron chi connectivity index (χ1n) is 7.10. The van der Waals surface area contributed by atoms with E-state index in [-0.39, 0.29) is 28.1 Å². The summed E-state index contributed by atoms with van der Waals surface area (Å²) in [5.74, 6) is 0.420. The van der Waals surface area contributed by atoms with Gasteiger partial charge >= 0.3 is 15.5 Å². The molecule has 0 spiro atoms. The van der Waals surface area contributed by atoms with E-state index in [1.165, 1.54) is 23.8 Å². The third kappa shape index (κ3) is 4.54. The molecule has 1 aliphatic carbocycles. The molecule has 0 amide bonds. The molecule has 1 N–H and O–H groups in total. The number of sulfonamides is 1. The van der Waals surface area contributed by atoms with Crippen molar-refractivity contribution < 1.29 is 26.4 Å². The smallest absolute Gasteiger partial charge is 0.392 e. The fraction of sp³-hybridized carbons (Fsp3) is 0.500. The third-order valence-corrected chi connectivity index (χ3v) is 4.90. The maximum Gasteiger partial charge on any atom is 0.516 e. The quantitative estimate of drug-likeness (QED) is 0.592. The second kappa shape index (κ2) is 6.79. The highest BCUT2D eigenvalue weighted by molar-refractivity contribution is 7.93. The van der Waals surface area contributed by atoms with Crippen LogP contribution in [0.2, 0.25) is 5.02 Å². The van der Waals surface area contributed by atoms with E-state index in [4.69, 9.17) is 16.4 Å². The lowest BCUT2D eigenvalue weighted by atomic mass is 10.1. The van der Waals surface area contributed by atoms with Crippen molar-refractivity contribution >= 4 is 33.0 Å². The molecule has 134 valence electrons. The van der Waals surface area contributed by atoms with Gasteiger partial charge in [0.1, 0.15) is 6.10 Å². The van der Waals surface area contributed by atoms with Crippen LogP contribution in [0.5, 0.6) is 0 Å². The topological polar surface area (TPSA) is 67.8 Å². The minimum Gasteiger partial charge on any atom is -0.392 e. The molecule has 2 rings (SSSR count). The normalized spacial score (nSPS) is 17.5. The summed E-state index contributed by atoms with van der Waals surface area (Å²) in [5.41, 5.74) is -5.38. The van der Waals surface area contributed by atoms with E-state index in [2.05, 4.69) is 5.16 Å². The Bertz CT molecular complexity index is 746. The number of nitrogens with zero attached hydrogens (tertiary/aromatic N) is 1. The summed E-state index contributed by atoms with van der Waals surface area (Å²) >= 11 is 5.85. The molecule has 0 radical (unpaired) electrons. The molecule has 1 atom stereocenters. The number of hydrogen-bond donors (Lipinski definition) is 1. The third-order valence-electron chi connectivity index (χ3n) is 3.56. The number of anilines is 1. The van der Waals surface area contributed by atoms with E-state index >= 15 is 0 Å². The van der Waals surface area contributed by atoms with Gasteiger partial charge < -0.3 is 4.84 Å². The maximum absolute atomic E-state index is 12.5. The standard InChI is InChI=1S/C14H16ClF3N2O3S/c1-8(19-23-9(2)10-3-4-10)12-7-11(15)5-6-13(12)20-24(21,22)14(16,17)18/h5-7,9-10,20H,3-4H2,1-2H3. The number of alkyl halides is 3. The van der Waals surface area contributed by atoms with Crippen molar-refractivity contribution in [3.05, 3.63) is 28.8 Å². The number of halogens is 4. The van der Waals surface area contributed by atoms with Crippen LogP contribution in [0.1, 0.15) is 32.3 Å². The molecule has 0 aliphatic heterocycles. The molecule has 1 unspecified atom stereocenters. The van der Waals surface area contributed by atoms with Gasteiger partial charge in [-0.2, -0.15) is 21.6 Å². The lowest BCUT2D eigenvalue weighted by Gasteiger charge is -2.15. The van der Waals surface area contributed by atoms with Gasteiger partial charge in [-0.1, -0.05) is 16.8 Å². The molecular formula is C14H16ClF3N2O3S. The molecule has 0 aromatic heterocycles. The van der Waals surface area contributed by atoms with Crippen molar-refractivity contribution in [3.63, 3.8) is 0 Å². The maximum atomic E-state index is 12.5. The fourth-order valence-corrected chi connectivity index (χ4v) is 2.73. The summed E-state index contributed by atoms with van der Waals surface area (Å²) in [7, 11) is -5.54. The zero-order chi connectivity index (χ0) is 18.1. The first-order chi connectivity index (χ1) is 11.0. The van der Waals surface area contributed by atoms with Crippen LogP contribution in [0.15, 0.2) is 23.4 Å². The molecule has 1 aromatic rings. The second-order valence-electron chi connectivity index (χ2n) is 5.57. The molecule has 0 bridgehead atoms. The van der Waals surface area contributed by atoms with E-state index in [0.29, 0.717) is 5.92 Å². The van der Waals surface area contributed by atoms with Crippen LogP contribution >= 0.6 is 11.6 Å². The fourth-order valence-electron chi connectivity index (χ4n) is 1.97. The lowest BCUT2D eigenvalue weighted by Crippen LogP contribution is -2.30. The van der Waals surface area contributed by atoms with Gasteiger partial charge in [-0.05, 0) is 50.8 Å². The number of benzene rings is 1. The number of hydrogen-bond acceptors (Lipinski definition) is 4. The highest BCUT2D eigenvalue weighted by atomic mass is 35.5. The van der Waals surface area contributed by atoms with Gasteiger partial charge in [-0.15, -0.1) is 0 Å². The molecule has 1 aliphatic rings. The SMILES string of the molecule is CC(=NOC(C)C1CC1)c1cc(Cl)ccc1NS(=O)(=O)C(F)(F)F. The zero-order valence-electron chi connectivity index (χ0n) is 12.9. The predicted molar refractivity (Wildman–Crippen MR) is 85.5 cm³/mol. The number of rotatable bonds is 6. The largest absolute Gasteiger partial charge is 0.516 e. The van der Waals surface area contributed by atoms with E-state index < -0.39 is 15.5 Å². The Morgan fingerprint density at radius 3 is 2.58 bits per heavy atom. The van der Waals surface area contributed by atoms with Gasteiger partial charge in [-0.25, -0.2) is 0 Å². The summed E-state index contributed by atoms with van der Waals surface area (Å²) in [5, 5.41) is 4.12. The predicted octanol–water partition coefficient (Wildman–Crippen LogP) is 4.14. The van der Waals surface area contributed by atoms with Crippen molar-refractivity contribution in [1.29, 1.82) is 0 Å². The van der Waals surface area contributed by atoms with Crippen LogP contribution in [0.3, 0.4) is 0 Å². The summed E-state index contributed by atoms with van der Waals surface area (Å²) in [6, 6.07) is 3.74. The van der Waals surface area contributed by atoms with Gasteiger partial charge in [0, 0.05) is 10.6 Å². The Morgan fingerprint density at radius 2 is 2.04 bits per heavy atom. The van der Waals surface area contributed by atoms with Gasteiger partial charge in [0.2, 0.25) is 0 Å². The molecule has 0 heterocycles.